The summed E-state index contributed by atoms with van der Waals surface area (Å²) in [5.74, 6) is -0.917. The van der Waals surface area contributed by atoms with E-state index >= 15 is 0 Å². The average molecular weight is 369 g/mol. The summed E-state index contributed by atoms with van der Waals surface area (Å²) in [6.07, 6.45) is 0.589. The third-order valence-corrected chi connectivity index (χ3v) is 4.83. The number of hydrogen-bond donors (Lipinski definition) is 1. The van der Waals surface area contributed by atoms with Gasteiger partial charge in [0.1, 0.15) is 0 Å². The minimum Gasteiger partial charge on any atom is -0.451 e. The Kier molecular flexibility index (Phi) is 5.58. The summed E-state index contributed by atoms with van der Waals surface area (Å²) >= 11 is 0.979. The van der Waals surface area contributed by atoms with Gasteiger partial charge in [-0.15, -0.1) is 5.10 Å². The number of nitrogens with one attached hydrogen (secondary N) is 1. The van der Waals surface area contributed by atoms with Gasteiger partial charge in [-0.2, -0.15) is 0 Å². The third-order valence-electron chi connectivity index (χ3n) is 4.08. The smallest absolute Gasteiger partial charge is 0.352 e. The van der Waals surface area contributed by atoms with Gasteiger partial charge in [0.15, 0.2) is 11.5 Å². The van der Waals surface area contributed by atoms with Gasteiger partial charge in [-0.3, -0.25) is 4.79 Å². The van der Waals surface area contributed by atoms with E-state index in [9.17, 15) is 9.59 Å². The Balaban J connectivity index is 1.62. The molecule has 2 aromatic carbocycles. The van der Waals surface area contributed by atoms with Crippen LogP contribution in [0.25, 0.3) is 10.8 Å². The van der Waals surface area contributed by atoms with Crippen LogP contribution in [-0.2, 0) is 16.0 Å². The molecule has 1 atom stereocenters. The number of benzene rings is 2. The molecular weight excluding hydrogens is 350 g/mol. The molecule has 0 radical (unpaired) electrons. The van der Waals surface area contributed by atoms with Gasteiger partial charge in [-0.1, -0.05) is 53.9 Å². The summed E-state index contributed by atoms with van der Waals surface area (Å²) in [4.78, 5) is 24.6. The fraction of sp³-hybridized carbons (Fsp3) is 0.263. The van der Waals surface area contributed by atoms with Crippen LogP contribution in [0.2, 0.25) is 0 Å². The van der Waals surface area contributed by atoms with Crippen molar-refractivity contribution in [3.05, 3.63) is 58.6 Å². The number of rotatable bonds is 6. The molecule has 0 bridgehead atoms. The molecule has 134 valence electrons. The number of carbonyl (C=O) groups excluding carboxylic acids is 2. The quantitative estimate of drug-likeness (QED) is 0.674. The molecule has 0 saturated carbocycles. The van der Waals surface area contributed by atoms with E-state index in [1.54, 1.807) is 0 Å². The molecule has 1 amide bonds. The van der Waals surface area contributed by atoms with Gasteiger partial charge >= 0.3 is 5.97 Å². The average Bonchev–Trinajstić information content (AvgIpc) is 3.14. The van der Waals surface area contributed by atoms with Gasteiger partial charge in [0.05, 0.1) is 11.7 Å². The number of aryl methyl sites for hydroxylation is 1. The number of hydrogen-bond acceptors (Lipinski definition) is 6. The predicted octanol–water partition coefficient (Wildman–Crippen LogP) is 3.29. The molecule has 1 heterocycles. The standard InChI is InChI=1S/C19H19N3O3S/c1-3-16-18(26-22-21-16)19(24)25-11-17(23)20-12(2)14-10-6-8-13-7-4-5-9-15(13)14/h4-10,12H,3,11H2,1-2H3,(H,20,23)/t12-/m1/s1. The predicted molar refractivity (Wildman–Crippen MR) is 100 cm³/mol. The fourth-order valence-electron chi connectivity index (χ4n) is 2.78. The summed E-state index contributed by atoms with van der Waals surface area (Å²) in [6, 6.07) is 13.8. The Labute approximate surface area is 155 Å². The first-order valence-electron chi connectivity index (χ1n) is 8.35. The molecule has 0 aliphatic carbocycles. The molecule has 1 N–H and O–H groups in total. The number of ether oxygens (including phenoxy) is 1. The SMILES string of the molecule is CCc1nnsc1C(=O)OCC(=O)N[C@H](C)c1cccc2ccccc12. The van der Waals surface area contributed by atoms with E-state index in [1.807, 2.05) is 56.3 Å². The molecule has 0 fully saturated rings. The van der Waals surface area contributed by atoms with E-state index in [4.69, 9.17) is 4.74 Å². The maximum atomic E-state index is 12.2. The zero-order chi connectivity index (χ0) is 18.5. The summed E-state index contributed by atoms with van der Waals surface area (Å²) in [5, 5.41) is 8.94. The first-order valence-corrected chi connectivity index (χ1v) is 9.13. The lowest BCUT2D eigenvalue weighted by atomic mass is 10.00. The first-order chi connectivity index (χ1) is 12.6. The van der Waals surface area contributed by atoms with E-state index in [-0.39, 0.29) is 18.6 Å². The van der Waals surface area contributed by atoms with Crippen LogP contribution in [0.15, 0.2) is 42.5 Å². The van der Waals surface area contributed by atoms with Gasteiger partial charge in [-0.05, 0) is 41.2 Å². The Morgan fingerprint density at radius 3 is 2.77 bits per heavy atom. The third kappa shape index (κ3) is 3.88. The van der Waals surface area contributed by atoms with Crippen LogP contribution in [0.5, 0.6) is 0 Å². The van der Waals surface area contributed by atoms with Crippen molar-refractivity contribution in [1.29, 1.82) is 0 Å². The van der Waals surface area contributed by atoms with E-state index in [0.717, 1.165) is 27.9 Å². The lowest BCUT2D eigenvalue weighted by Crippen LogP contribution is -2.31. The Hall–Kier alpha value is -2.80. The highest BCUT2D eigenvalue weighted by Gasteiger charge is 2.19. The number of carbonyl (C=O) groups is 2. The Morgan fingerprint density at radius 1 is 1.19 bits per heavy atom. The molecule has 3 aromatic rings. The van der Waals surface area contributed by atoms with E-state index in [2.05, 4.69) is 14.9 Å². The Morgan fingerprint density at radius 2 is 1.96 bits per heavy atom. The van der Waals surface area contributed by atoms with Crippen molar-refractivity contribution >= 4 is 34.2 Å². The molecule has 3 rings (SSSR count). The molecule has 7 heteroatoms. The van der Waals surface area contributed by atoms with E-state index < -0.39 is 5.97 Å². The fourth-order valence-corrected chi connectivity index (χ4v) is 3.43. The van der Waals surface area contributed by atoms with Crippen LogP contribution >= 0.6 is 11.5 Å². The maximum Gasteiger partial charge on any atom is 0.352 e. The number of nitrogens with zero attached hydrogens (tertiary/aromatic N) is 2. The molecule has 26 heavy (non-hydrogen) atoms. The topological polar surface area (TPSA) is 81.2 Å². The van der Waals surface area contributed by atoms with E-state index in [0.29, 0.717) is 17.0 Å². The van der Waals surface area contributed by atoms with Gasteiger partial charge in [0.2, 0.25) is 0 Å². The van der Waals surface area contributed by atoms with Crippen molar-refractivity contribution in [3.63, 3.8) is 0 Å². The second-order valence-electron chi connectivity index (χ2n) is 5.84. The molecule has 0 aliphatic rings. The van der Waals surface area contributed by atoms with Crippen LogP contribution in [0.1, 0.15) is 40.8 Å². The first kappa shape index (κ1) is 18.0. The van der Waals surface area contributed by atoms with E-state index in [1.165, 1.54) is 0 Å². The molecule has 0 saturated heterocycles. The molecule has 0 unspecified atom stereocenters. The minimum atomic E-state index is -0.565. The second-order valence-corrected chi connectivity index (χ2v) is 6.59. The summed E-state index contributed by atoms with van der Waals surface area (Å²) in [6.45, 7) is 3.45. The highest BCUT2D eigenvalue weighted by molar-refractivity contribution is 7.07. The monoisotopic (exact) mass is 369 g/mol. The maximum absolute atomic E-state index is 12.2. The summed E-state index contributed by atoms with van der Waals surface area (Å²) < 4.78 is 8.84. The van der Waals surface area contributed by atoms with Crippen molar-refractivity contribution in [3.8, 4) is 0 Å². The lowest BCUT2D eigenvalue weighted by Gasteiger charge is -2.16. The van der Waals surface area contributed by atoms with Crippen molar-refractivity contribution in [2.45, 2.75) is 26.3 Å². The number of aromatic nitrogens is 2. The molecule has 0 aliphatic heterocycles. The molecule has 0 spiro atoms. The lowest BCUT2D eigenvalue weighted by molar-refractivity contribution is -0.124. The summed E-state index contributed by atoms with van der Waals surface area (Å²) in [5.41, 5.74) is 1.60. The zero-order valence-electron chi connectivity index (χ0n) is 14.6. The summed E-state index contributed by atoms with van der Waals surface area (Å²) in [7, 11) is 0. The highest BCUT2D eigenvalue weighted by Crippen LogP contribution is 2.24. The van der Waals surface area contributed by atoms with Crippen molar-refractivity contribution in [1.82, 2.24) is 14.9 Å². The van der Waals surface area contributed by atoms with Crippen LogP contribution in [0.4, 0.5) is 0 Å². The molecule has 1 aromatic heterocycles. The molecular formula is C19H19N3O3S. The largest absolute Gasteiger partial charge is 0.451 e. The van der Waals surface area contributed by atoms with Crippen molar-refractivity contribution in [2.75, 3.05) is 6.61 Å². The second kappa shape index (κ2) is 8.05. The van der Waals surface area contributed by atoms with Crippen LogP contribution in [0, 0.1) is 0 Å². The van der Waals surface area contributed by atoms with Gasteiger partial charge in [0, 0.05) is 0 Å². The number of esters is 1. The zero-order valence-corrected chi connectivity index (χ0v) is 15.4. The Bertz CT molecular complexity index is 933. The number of fused-ring (bicyclic) bond motifs is 1. The highest BCUT2D eigenvalue weighted by atomic mass is 32.1. The van der Waals surface area contributed by atoms with Crippen LogP contribution in [-0.4, -0.2) is 28.1 Å². The van der Waals surface area contributed by atoms with Gasteiger partial charge in [0.25, 0.3) is 5.91 Å². The van der Waals surface area contributed by atoms with Crippen LogP contribution < -0.4 is 5.32 Å². The molecule has 6 nitrogen and oxygen atoms in total. The number of amides is 1. The van der Waals surface area contributed by atoms with Crippen molar-refractivity contribution < 1.29 is 14.3 Å². The minimum absolute atomic E-state index is 0.205. The van der Waals surface area contributed by atoms with Crippen LogP contribution in [0.3, 0.4) is 0 Å². The normalized spacial score (nSPS) is 11.9. The van der Waals surface area contributed by atoms with Crippen molar-refractivity contribution in [2.24, 2.45) is 0 Å². The van der Waals surface area contributed by atoms with Gasteiger partial charge in [-0.25, -0.2) is 4.79 Å². The van der Waals surface area contributed by atoms with Gasteiger partial charge < -0.3 is 10.1 Å².